The zero-order chi connectivity index (χ0) is 30.0. The van der Waals surface area contributed by atoms with Crippen LogP contribution in [0, 0.1) is 11.8 Å². The van der Waals surface area contributed by atoms with E-state index in [1.807, 2.05) is 0 Å². The second kappa shape index (κ2) is 9.82. The highest BCUT2D eigenvalue weighted by Gasteiger charge is 2.64. The number of nitrogens with zero attached hydrogens (tertiary/aromatic N) is 3. The summed E-state index contributed by atoms with van der Waals surface area (Å²) in [5.41, 5.74) is 2.76. The highest BCUT2D eigenvalue weighted by Crippen LogP contribution is 2.54. The van der Waals surface area contributed by atoms with Gasteiger partial charge in [-0.1, -0.05) is 0 Å². The van der Waals surface area contributed by atoms with Gasteiger partial charge in [-0.05, 0) is 44.5 Å². The molecule has 1 unspecified atom stereocenters. The number of aromatic hydroxyl groups is 1. The van der Waals surface area contributed by atoms with E-state index in [2.05, 4.69) is 5.32 Å². The van der Waals surface area contributed by atoms with Crippen molar-refractivity contribution in [2.75, 3.05) is 59.0 Å². The molecule has 0 bridgehead atoms. The van der Waals surface area contributed by atoms with Gasteiger partial charge < -0.3 is 41.3 Å². The van der Waals surface area contributed by atoms with Gasteiger partial charge in [-0.15, -0.1) is 0 Å². The molecule has 3 aliphatic carbocycles. The normalized spacial score (nSPS) is 25.9. The van der Waals surface area contributed by atoms with E-state index in [1.165, 1.54) is 9.80 Å². The van der Waals surface area contributed by atoms with E-state index in [0.717, 1.165) is 0 Å². The van der Waals surface area contributed by atoms with E-state index < -0.39 is 63.8 Å². The van der Waals surface area contributed by atoms with Crippen LogP contribution in [-0.2, 0) is 25.6 Å². The first-order chi connectivity index (χ1) is 18.5. The third-order valence-electron chi connectivity index (χ3n) is 8.11. The van der Waals surface area contributed by atoms with Crippen molar-refractivity contribution in [3.63, 3.8) is 0 Å². The summed E-state index contributed by atoms with van der Waals surface area (Å²) in [4.78, 5) is 56.1. The van der Waals surface area contributed by atoms with Crippen LogP contribution in [0.4, 0.5) is 11.4 Å². The lowest BCUT2D eigenvalue weighted by molar-refractivity contribution is -0.153. The molecule has 1 aromatic carbocycles. The summed E-state index contributed by atoms with van der Waals surface area (Å²) < 4.78 is 0. The van der Waals surface area contributed by atoms with Crippen LogP contribution in [0.3, 0.4) is 0 Å². The lowest BCUT2D eigenvalue weighted by atomic mass is 9.57. The Kier molecular flexibility index (Phi) is 7.10. The van der Waals surface area contributed by atoms with Crippen LogP contribution >= 0.6 is 0 Å². The molecular weight excluding hydrogens is 522 g/mol. The van der Waals surface area contributed by atoms with Gasteiger partial charge >= 0.3 is 0 Å². The Bertz CT molecular complexity index is 1400. The van der Waals surface area contributed by atoms with E-state index >= 15 is 0 Å². The summed E-state index contributed by atoms with van der Waals surface area (Å²) >= 11 is 0. The molecule has 1 saturated carbocycles. The van der Waals surface area contributed by atoms with Crippen LogP contribution in [0.2, 0.25) is 0 Å². The number of Topliss-reactive ketones (excluding diaryl/α,β-unsaturated/α-hetero) is 2. The average molecular weight is 558 g/mol. The number of carbonyl (C=O) groups excluding carboxylic acids is 4. The smallest absolute Gasteiger partial charge is 0.255 e. The van der Waals surface area contributed by atoms with Gasteiger partial charge in [-0.3, -0.25) is 24.1 Å². The number of hydrogen-bond acceptors (Lipinski definition) is 11. The molecule has 1 fully saturated rings. The topological polar surface area (TPSA) is 197 Å². The Morgan fingerprint density at radius 2 is 1.73 bits per heavy atom. The summed E-state index contributed by atoms with van der Waals surface area (Å²) in [5.74, 6) is -7.42. The number of phenols is 1. The summed E-state index contributed by atoms with van der Waals surface area (Å²) in [5, 5.41) is 48.3. The van der Waals surface area contributed by atoms with Crippen molar-refractivity contribution in [1.29, 1.82) is 0 Å². The zero-order valence-electron chi connectivity index (χ0n) is 23.3. The minimum Gasteiger partial charge on any atom is -0.508 e. The maximum Gasteiger partial charge on any atom is 0.255 e. The fraction of sp³-hybridized carbons (Fsp3) is 0.481. The van der Waals surface area contributed by atoms with E-state index in [-0.39, 0.29) is 42.1 Å². The van der Waals surface area contributed by atoms with E-state index in [4.69, 9.17) is 5.73 Å². The lowest BCUT2D eigenvalue weighted by Crippen LogP contribution is -2.65. The fourth-order valence-corrected chi connectivity index (χ4v) is 6.15. The predicted molar refractivity (Wildman–Crippen MR) is 146 cm³/mol. The Morgan fingerprint density at radius 1 is 1.10 bits per heavy atom. The number of primary amides is 1. The monoisotopic (exact) mass is 557 g/mol. The highest BCUT2D eigenvalue weighted by atomic mass is 16.3. The molecule has 0 aliphatic heterocycles. The third-order valence-corrected chi connectivity index (χ3v) is 8.11. The molecule has 216 valence electrons. The van der Waals surface area contributed by atoms with Gasteiger partial charge in [0.2, 0.25) is 11.7 Å². The summed E-state index contributed by atoms with van der Waals surface area (Å²) in [6, 6.07) is 0.483. The zero-order valence-corrected chi connectivity index (χ0v) is 23.3. The maximum atomic E-state index is 14.0. The van der Waals surface area contributed by atoms with Crippen LogP contribution in [0.25, 0.3) is 5.76 Å². The molecule has 3 aliphatic rings. The summed E-state index contributed by atoms with van der Waals surface area (Å²) in [7, 11) is 9.78. The summed E-state index contributed by atoms with van der Waals surface area (Å²) in [6.45, 7) is -0.152. The van der Waals surface area contributed by atoms with Crippen molar-refractivity contribution in [1.82, 2.24) is 9.80 Å². The lowest BCUT2D eigenvalue weighted by Gasteiger charge is -2.50. The number of amides is 2. The number of nitrogens with two attached hydrogens (primary N) is 1. The first-order valence-electron chi connectivity index (χ1n) is 12.7. The molecule has 0 heterocycles. The number of likely N-dealkylation sites (N-methyl/N-ethyl adjacent to an activating group) is 2. The first kappa shape index (κ1) is 28.9. The summed E-state index contributed by atoms with van der Waals surface area (Å²) in [6.07, 6.45) is 0.156. The molecular formula is C27H35N5O8. The van der Waals surface area contributed by atoms with Crippen molar-refractivity contribution in [2.45, 2.75) is 24.5 Å². The highest BCUT2D eigenvalue weighted by molar-refractivity contribution is 6.24. The number of benzene rings is 1. The second-order valence-corrected chi connectivity index (χ2v) is 11.1. The minimum atomic E-state index is -2.71. The van der Waals surface area contributed by atoms with Crippen LogP contribution in [0.15, 0.2) is 23.0 Å². The van der Waals surface area contributed by atoms with Gasteiger partial charge in [0.1, 0.15) is 22.8 Å². The molecule has 1 aromatic rings. The largest absolute Gasteiger partial charge is 0.508 e. The van der Waals surface area contributed by atoms with Crippen molar-refractivity contribution in [3.05, 3.63) is 34.1 Å². The van der Waals surface area contributed by atoms with Crippen molar-refractivity contribution >= 4 is 40.5 Å². The maximum absolute atomic E-state index is 14.0. The molecule has 40 heavy (non-hydrogen) atoms. The van der Waals surface area contributed by atoms with Crippen LogP contribution in [0.1, 0.15) is 17.5 Å². The van der Waals surface area contributed by atoms with Crippen molar-refractivity contribution in [2.24, 2.45) is 17.6 Å². The Labute approximate surface area is 231 Å². The van der Waals surface area contributed by atoms with Gasteiger partial charge in [-0.25, -0.2) is 0 Å². The number of rotatable bonds is 6. The van der Waals surface area contributed by atoms with Crippen molar-refractivity contribution < 1.29 is 39.6 Å². The number of aliphatic hydroxyl groups is 3. The second-order valence-electron chi connectivity index (χ2n) is 11.1. The number of fused-ring (bicyclic) bond motifs is 3. The number of nitrogens with one attached hydrogen (secondary N) is 1. The third kappa shape index (κ3) is 4.07. The molecule has 0 saturated heterocycles. The van der Waals surface area contributed by atoms with E-state index in [9.17, 15) is 39.6 Å². The Hall–Kier alpha value is -4.10. The predicted octanol–water partition coefficient (Wildman–Crippen LogP) is -0.470. The van der Waals surface area contributed by atoms with E-state index in [1.54, 1.807) is 53.3 Å². The number of anilines is 2. The number of ketones is 2. The van der Waals surface area contributed by atoms with Crippen molar-refractivity contribution in [3.8, 4) is 5.75 Å². The molecule has 0 radical (unpaired) electrons. The molecule has 4 atom stereocenters. The standard InChI is InChI=1S/C27H35N5O8/c1-30(2)15-9-14(29-10-16(33)31(3)4)21(34)18-12(15)7-11-8-13-20(32(5)6)23(36)19(26(28)39)25(38)27(13,40)24(37)17(11)22(18)35/h9,11,13,20,29,34-35,38,40H,7-8,10H2,1-6H3,(H2,28,39)/t11-,13-,20?,27-/m1/s1. The first-order valence-corrected chi connectivity index (χ1v) is 12.7. The molecule has 2 amide bonds. The molecule has 13 nitrogen and oxygen atoms in total. The minimum absolute atomic E-state index is 0.00324. The number of carbonyl (C=O) groups is 4. The Balaban J connectivity index is 1.93. The van der Waals surface area contributed by atoms with Gasteiger partial charge in [0.15, 0.2) is 11.4 Å². The fourth-order valence-electron chi connectivity index (χ4n) is 6.15. The Morgan fingerprint density at radius 3 is 2.25 bits per heavy atom. The van der Waals surface area contributed by atoms with E-state index in [0.29, 0.717) is 11.3 Å². The molecule has 4 rings (SSSR count). The van der Waals surface area contributed by atoms with Crippen LogP contribution < -0.4 is 16.0 Å². The molecule has 7 N–H and O–H groups in total. The molecule has 13 heteroatoms. The molecule has 0 aromatic heterocycles. The number of hydrogen-bond donors (Lipinski definition) is 6. The van der Waals surface area contributed by atoms with Gasteiger partial charge in [0.05, 0.1) is 23.8 Å². The number of phenolic OH excluding ortho intramolecular Hbond substituents is 1. The quantitative estimate of drug-likeness (QED) is 0.195. The van der Waals surface area contributed by atoms with Gasteiger partial charge in [0, 0.05) is 45.4 Å². The average Bonchev–Trinajstić information content (AvgIpc) is 2.84. The van der Waals surface area contributed by atoms with Gasteiger partial charge in [-0.2, -0.15) is 0 Å². The van der Waals surface area contributed by atoms with Crippen LogP contribution in [0.5, 0.6) is 5.75 Å². The van der Waals surface area contributed by atoms with Gasteiger partial charge in [0.25, 0.3) is 5.91 Å². The van der Waals surface area contributed by atoms with Crippen LogP contribution in [-0.4, -0.2) is 114 Å². The number of aliphatic hydroxyl groups excluding tert-OH is 2. The molecule has 0 spiro atoms. The SMILES string of the molecule is CN(C)C(=O)CNc1cc(N(C)C)c2c(c1O)C(O)=C1C(=O)[C@@]3(O)C(O)=C(C(N)=O)C(=O)C(N(C)C)[C@H]3C[C@H]1C2.